The Morgan fingerprint density at radius 1 is 1.21 bits per heavy atom. The zero-order valence-electron chi connectivity index (χ0n) is 16.2. The van der Waals surface area contributed by atoms with Crippen LogP contribution in [0, 0.1) is 5.82 Å². The number of imidazole rings is 1. The molecule has 8 nitrogen and oxygen atoms in total. The highest BCUT2D eigenvalue weighted by molar-refractivity contribution is 5.76. The molecule has 4 N–H and O–H groups in total. The second kappa shape index (κ2) is 8.30. The van der Waals surface area contributed by atoms with Crippen molar-refractivity contribution in [3.63, 3.8) is 0 Å². The second-order valence-corrected chi connectivity index (χ2v) is 7.49. The molecule has 154 valence electrons. The molecule has 0 radical (unpaired) electrons. The lowest BCUT2D eigenvalue weighted by Gasteiger charge is -2.26. The van der Waals surface area contributed by atoms with Crippen LogP contribution in [-0.4, -0.2) is 48.5 Å². The lowest BCUT2D eigenvalue weighted by Crippen LogP contribution is -2.29. The van der Waals surface area contributed by atoms with Crippen LogP contribution in [0.25, 0.3) is 11.2 Å². The molecule has 2 heterocycles. The number of fused-ring (bicyclic) bond motifs is 1. The number of anilines is 3. The smallest absolute Gasteiger partial charge is 0.224 e. The monoisotopic (exact) mass is 400 g/mol. The van der Waals surface area contributed by atoms with Gasteiger partial charge in [0.2, 0.25) is 11.9 Å². The van der Waals surface area contributed by atoms with Gasteiger partial charge in [-0.3, -0.25) is 4.57 Å². The van der Waals surface area contributed by atoms with Crippen molar-refractivity contribution in [3.8, 4) is 0 Å². The Kier molecular flexibility index (Phi) is 5.59. The van der Waals surface area contributed by atoms with Gasteiger partial charge in [0, 0.05) is 6.04 Å². The number of nitrogens with one attached hydrogen (secondary N) is 2. The van der Waals surface area contributed by atoms with Gasteiger partial charge >= 0.3 is 0 Å². The standard InChI is InChI=1S/C20H25FN6O2/c1-12(11-28)27-18-17(25-20(27)24-16-5-3-2-4-15(16)21)10-22-19(26-18)23-13-6-8-14(29)9-7-13/h2-5,10,12-14,28-29H,6-9,11H2,1H3,(H,24,25)(H,22,23,26)/t12-,13?,14?/m1/s1. The third-order valence-electron chi connectivity index (χ3n) is 5.29. The summed E-state index contributed by atoms with van der Waals surface area (Å²) < 4.78 is 15.8. The van der Waals surface area contributed by atoms with Crippen LogP contribution in [0.2, 0.25) is 0 Å². The maximum absolute atomic E-state index is 14.1. The molecule has 1 aliphatic carbocycles. The SMILES string of the molecule is C[C@H](CO)n1c(Nc2ccccc2F)nc2cnc(NC3CCC(O)CC3)nc21. The summed E-state index contributed by atoms with van der Waals surface area (Å²) in [5.74, 6) is 0.470. The highest BCUT2D eigenvalue weighted by Crippen LogP contribution is 2.28. The van der Waals surface area contributed by atoms with Gasteiger partial charge in [0.05, 0.1) is 30.6 Å². The fraction of sp³-hybridized carbons (Fsp3) is 0.450. The van der Waals surface area contributed by atoms with Gasteiger partial charge in [-0.2, -0.15) is 4.98 Å². The zero-order valence-corrected chi connectivity index (χ0v) is 16.2. The van der Waals surface area contributed by atoms with E-state index in [-0.39, 0.29) is 24.8 Å². The second-order valence-electron chi connectivity index (χ2n) is 7.49. The molecule has 3 aromatic rings. The molecule has 2 aromatic heterocycles. The van der Waals surface area contributed by atoms with E-state index in [0.717, 1.165) is 25.7 Å². The summed E-state index contributed by atoms with van der Waals surface area (Å²) in [4.78, 5) is 13.5. The molecule has 1 saturated carbocycles. The minimum absolute atomic E-state index is 0.120. The van der Waals surface area contributed by atoms with Gasteiger partial charge in [-0.25, -0.2) is 14.4 Å². The maximum atomic E-state index is 14.1. The number of aromatic nitrogens is 4. The van der Waals surface area contributed by atoms with Crippen LogP contribution in [-0.2, 0) is 0 Å². The summed E-state index contributed by atoms with van der Waals surface area (Å²) >= 11 is 0. The average molecular weight is 400 g/mol. The normalized spacial score (nSPS) is 20.6. The quantitative estimate of drug-likeness (QED) is 0.504. The van der Waals surface area contributed by atoms with E-state index in [1.54, 1.807) is 29.0 Å². The lowest BCUT2D eigenvalue weighted by molar-refractivity contribution is 0.126. The third-order valence-corrected chi connectivity index (χ3v) is 5.29. The molecule has 0 saturated heterocycles. The van der Waals surface area contributed by atoms with Gasteiger partial charge in [-0.1, -0.05) is 12.1 Å². The number of rotatable bonds is 6. The predicted octanol–water partition coefficient (Wildman–Crippen LogP) is 2.98. The molecule has 0 bridgehead atoms. The highest BCUT2D eigenvalue weighted by atomic mass is 19.1. The zero-order chi connectivity index (χ0) is 20.4. The molecule has 9 heteroatoms. The molecule has 1 aromatic carbocycles. The van der Waals surface area contributed by atoms with Crippen molar-refractivity contribution in [2.45, 2.75) is 50.8 Å². The van der Waals surface area contributed by atoms with Crippen molar-refractivity contribution < 1.29 is 14.6 Å². The van der Waals surface area contributed by atoms with Crippen molar-refractivity contribution in [2.24, 2.45) is 0 Å². The molecule has 4 rings (SSSR count). The first kappa shape index (κ1) is 19.5. The van der Waals surface area contributed by atoms with Crippen molar-refractivity contribution >= 4 is 28.7 Å². The van der Waals surface area contributed by atoms with Crippen LogP contribution in [0.1, 0.15) is 38.6 Å². The van der Waals surface area contributed by atoms with Crippen LogP contribution in [0.5, 0.6) is 0 Å². The number of benzene rings is 1. The fourth-order valence-corrected chi connectivity index (χ4v) is 3.63. The molecule has 29 heavy (non-hydrogen) atoms. The predicted molar refractivity (Wildman–Crippen MR) is 109 cm³/mol. The van der Waals surface area contributed by atoms with Crippen molar-refractivity contribution in [3.05, 3.63) is 36.3 Å². The Morgan fingerprint density at radius 2 is 1.97 bits per heavy atom. The van der Waals surface area contributed by atoms with E-state index in [9.17, 15) is 14.6 Å². The molecular weight excluding hydrogens is 375 g/mol. The van der Waals surface area contributed by atoms with E-state index in [4.69, 9.17) is 0 Å². The van der Waals surface area contributed by atoms with E-state index >= 15 is 0 Å². The van der Waals surface area contributed by atoms with E-state index in [0.29, 0.717) is 28.7 Å². The van der Waals surface area contributed by atoms with Crippen LogP contribution in [0.15, 0.2) is 30.5 Å². The van der Waals surface area contributed by atoms with E-state index in [2.05, 4.69) is 25.6 Å². The molecular formula is C20H25FN6O2. The number of hydrogen-bond donors (Lipinski definition) is 4. The Hall–Kier alpha value is -2.78. The van der Waals surface area contributed by atoms with Crippen molar-refractivity contribution in [2.75, 3.05) is 17.2 Å². The largest absolute Gasteiger partial charge is 0.394 e. The van der Waals surface area contributed by atoms with E-state index < -0.39 is 5.82 Å². The first-order valence-electron chi connectivity index (χ1n) is 9.87. The van der Waals surface area contributed by atoms with Crippen molar-refractivity contribution in [1.29, 1.82) is 0 Å². The summed E-state index contributed by atoms with van der Waals surface area (Å²) in [5.41, 5.74) is 1.40. The summed E-state index contributed by atoms with van der Waals surface area (Å²) in [7, 11) is 0. The van der Waals surface area contributed by atoms with Gasteiger partial charge in [0.25, 0.3) is 0 Å². The van der Waals surface area contributed by atoms with Crippen LogP contribution in [0.3, 0.4) is 0 Å². The highest BCUT2D eigenvalue weighted by Gasteiger charge is 2.22. The molecule has 0 amide bonds. The molecule has 1 atom stereocenters. The minimum Gasteiger partial charge on any atom is -0.394 e. The first-order chi connectivity index (χ1) is 14.0. The lowest BCUT2D eigenvalue weighted by atomic mass is 9.93. The van der Waals surface area contributed by atoms with Crippen molar-refractivity contribution in [1.82, 2.24) is 19.5 Å². The van der Waals surface area contributed by atoms with Crippen LogP contribution >= 0.6 is 0 Å². The fourth-order valence-electron chi connectivity index (χ4n) is 3.63. The third kappa shape index (κ3) is 4.15. The molecule has 0 spiro atoms. The van der Waals surface area contributed by atoms with Gasteiger partial charge in [0.1, 0.15) is 11.3 Å². The van der Waals surface area contributed by atoms with Crippen LogP contribution in [0.4, 0.5) is 22.0 Å². The number of para-hydroxylation sites is 1. The van der Waals surface area contributed by atoms with Gasteiger partial charge in [0.15, 0.2) is 5.65 Å². The van der Waals surface area contributed by atoms with E-state index in [1.165, 1.54) is 6.07 Å². The Labute approximate surface area is 167 Å². The summed E-state index contributed by atoms with van der Waals surface area (Å²) in [5, 5.41) is 25.7. The molecule has 1 fully saturated rings. The number of hydrogen-bond acceptors (Lipinski definition) is 7. The Balaban J connectivity index is 1.67. The Bertz CT molecular complexity index is 986. The number of aliphatic hydroxyl groups is 2. The number of halogens is 1. The molecule has 1 aliphatic rings. The summed E-state index contributed by atoms with van der Waals surface area (Å²) in [6.07, 6.45) is 4.63. The van der Waals surface area contributed by atoms with Gasteiger partial charge in [-0.05, 0) is 44.7 Å². The summed E-state index contributed by atoms with van der Waals surface area (Å²) in [6.45, 7) is 1.72. The number of nitrogens with zero attached hydrogens (tertiary/aromatic N) is 4. The first-order valence-corrected chi connectivity index (χ1v) is 9.87. The topological polar surface area (TPSA) is 108 Å². The van der Waals surface area contributed by atoms with Gasteiger partial charge in [-0.15, -0.1) is 0 Å². The minimum atomic E-state index is -0.393. The molecule has 0 aliphatic heterocycles. The number of aliphatic hydroxyl groups excluding tert-OH is 2. The van der Waals surface area contributed by atoms with E-state index in [1.807, 2.05) is 6.92 Å². The maximum Gasteiger partial charge on any atom is 0.224 e. The van der Waals surface area contributed by atoms with Crippen LogP contribution < -0.4 is 10.6 Å². The Morgan fingerprint density at radius 3 is 2.69 bits per heavy atom. The van der Waals surface area contributed by atoms with Gasteiger partial charge < -0.3 is 20.8 Å². The molecule has 0 unspecified atom stereocenters. The average Bonchev–Trinajstić information content (AvgIpc) is 3.08. The summed E-state index contributed by atoms with van der Waals surface area (Å²) in [6, 6.07) is 6.23.